The number of unbranched alkanes of at least 4 members (excludes halogenated alkanes) is 1. The van der Waals surface area contributed by atoms with Crippen molar-refractivity contribution in [2.45, 2.75) is 32.1 Å². The molecule has 0 aliphatic carbocycles. The summed E-state index contributed by atoms with van der Waals surface area (Å²) in [5.41, 5.74) is 2.47. The summed E-state index contributed by atoms with van der Waals surface area (Å²) < 4.78 is 1.03. The van der Waals surface area contributed by atoms with Gasteiger partial charge < -0.3 is 5.11 Å². The lowest BCUT2D eigenvalue weighted by molar-refractivity contribution is 0.0695. The van der Waals surface area contributed by atoms with Crippen LogP contribution in [0.5, 0.6) is 0 Å². The van der Waals surface area contributed by atoms with E-state index in [1.54, 1.807) is 12.1 Å². The first-order valence-electron chi connectivity index (χ1n) is 7.21. The number of carboxylic acids is 1. The lowest BCUT2D eigenvalue weighted by Gasteiger charge is -2.20. The zero-order valence-electron chi connectivity index (χ0n) is 12.1. The van der Waals surface area contributed by atoms with Gasteiger partial charge in [0.1, 0.15) is 0 Å². The summed E-state index contributed by atoms with van der Waals surface area (Å²) in [7, 11) is 0. The summed E-state index contributed by atoms with van der Waals surface area (Å²) in [6.45, 7) is 2.15. The molecule has 2 rings (SSSR count). The van der Waals surface area contributed by atoms with Gasteiger partial charge in [0.05, 0.1) is 5.56 Å². The highest BCUT2D eigenvalue weighted by Gasteiger charge is 2.19. The van der Waals surface area contributed by atoms with Crippen molar-refractivity contribution in [2.75, 3.05) is 0 Å². The highest BCUT2D eigenvalue weighted by Crippen LogP contribution is 2.32. The molecule has 0 spiro atoms. The van der Waals surface area contributed by atoms with Gasteiger partial charge >= 0.3 is 5.97 Å². The van der Waals surface area contributed by atoms with E-state index in [2.05, 4.69) is 35.0 Å². The molecule has 0 amide bonds. The number of benzene rings is 2. The molecule has 1 atom stereocenters. The van der Waals surface area contributed by atoms with Crippen LogP contribution in [0.1, 0.15) is 53.6 Å². The average Bonchev–Trinajstić information content (AvgIpc) is 2.49. The largest absolute Gasteiger partial charge is 0.478 e. The third-order valence-corrected chi connectivity index (χ3v) is 4.21. The van der Waals surface area contributed by atoms with E-state index < -0.39 is 5.97 Å². The van der Waals surface area contributed by atoms with Crippen LogP contribution in [0.3, 0.4) is 0 Å². The molecule has 2 nitrogen and oxygen atoms in total. The third kappa shape index (κ3) is 3.94. The van der Waals surface area contributed by atoms with Gasteiger partial charge in [0.2, 0.25) is 0 Å². The van der Waals surface area contributed by atoms with Crippen molar-refractivity contribution in [1.82, 2.24) is 0 Å². The van der Waals surface area contributed by atoms with Gasteiger partial charge in [0.25, 0.3) is 0 Å². The van der Waals surface area contributed by atoms with Gasteiger partial charge in [-0.15, -0.1) is 0 Å². The smallest absolute Gasteiger partial charge is 0.335 e. The molecule has 1 unspecified atom stereocenters. The zero-order valence-corrected chi connectivity index (χ0v) is 13.6. The fraction of sp³-hybridized carbons (Fsp3) is 0.278. The highest BCUT2D eigenvalue weighted by atomic mass is 79.9. The van der Waals surface area contributed by atoms with Crippen LogP contribution in [0.25, 0.3) is 0 Å². The molecule has 0 fully saturated rings. The highest BCUT2D eigenvalue weighted by molar-refractivity contribution is 9.10. The molecule has 2 aromatic carbocycles. The molecule has 110 valence electrons. The normalized spacial score (nSPS) is 12.1. The first-order valence-corrected chi connectivity index (χ1v) is 8.00. The summed E-state index contributed by atoms with van der Waals surface area (Å²) in [6, 6.07) is 15.5. The molecular weight excluding hydrogens is 328 g/mol. The van der Waals surface area contributed by atoms with Gasteiger partial charge in [-0.3, -0.25) is 0 Å². The monoisotopic (exact) mass is 346 g/mol. The van der Waals surface area contributed by atoms with Crippen LogP contribution in [0.15, 0.2) is 53.0 Å². The molecule has 0 saturated heterocycles. The van der Waals surface area contributed by atoms with Crippen molar-refractivity contribution in [2.24, 2.45) is 0 Å². The lowest BCUT2D eigenvalue weighted by atomic mass is 9.84. The number of carbonyl (C=O) groups is 1. The summed E-state index contributed by atoms with van der Waals surface area (Å²) in [5.74, 6) is -0.727. The van der Waals surface area contributed by atoms with Gasteiger partial charge in [0, 0.05) is 10.4 Å². The van der Waals surface area contributed by atoms with Gasteiger partial charge in [-0.2, -0.15) is 0 Å². The Labute approximate surface area is 134 Å². The Kier molecular flexibility index (Phi) is 5.57. The van der Waals surface area contributed by atoms with Crippen molar-refractivity contribution >= 4 is 21.9 Å². The standard InChI is InChI=1S/C18H19BrO2/c1-2-3-6-15(13-9-11-14(19)12-10-13)16-7-4-5-8-17(16)18(20)21/h4-5,7-12,15H,2-3,6H2,1H3,(H,20,21). The predicted molar refractivity (Wildman–Crippen MR) is 88.9 cm³/mol. The molecule has 0 heterocycles. The van der Waals surface area contributed by atoms with Crippen LogP contribution < -0.4 is 0 Å². The second-order valence-electron chi connectivity index (χ2n) is 5.14. The molecule has 21 heavy (non-hydrogen) atoms. The molecule has 0 aliphatic rings. The van der Waals surface area contributed by atoms with E-state index in [0.29, 0.717) is 5.56 Å². The summed E-state index contributed by atoms with van der Waals surface area (Å²) in [5, 5.41) is 9.42. The van der Waals surface area contributed by atoms with E-state index in [9.17, 15) is 9.90 Å². The van der Waals surface area contributed by atoms with E-state index >= 15 is 0 Å². The Morgan fingerprint density at radius 2 is 1.81 bits per heavy atom. The van der Waals surface area contributed by atoms with Crippen LogP contribution in [0.4, 0.5) is 0 Å². The van der Waals surface area contributed by atoms with Crippen molar-refractivity contribution in [3.05, 3.63) is 69.7 Å². The second kappa shape index (κ2) is 7.41. The molecule has 0 aromatic heterocycles. The zero-order chi connectivity index (χ0) is 15.2. The number of carboxylic acid groups (broad SMARTS) is 1. The van der Waals surface area contributed by atoms with Crippen molar-refractivity contribution in [3.63, 3.8) is 0 Å². The van der Waals surface area contributed by atoms with E-state index in [4.69, 9.17) is 0 Å². The first kappa shape index (κ1) is 15.8. The Morgan fingerprint density at radius 1 is 1.14 bits per heavy atom. The van der Waals surface area contributed by atoms with Gasteiger partial charge in [-0.05, 0) is 35.7 Å². The molecular formula is C18H19BrO2. The lowest BCUT2D eigenvalue weighted by Crippen LogP contribution is -2.09. The molecule has 2 aromatic rings. The Morgan fingerprint density at radius 3 is 2.43 bits per heavy atom. The maximum atomic E-state index is 11.5. The topological polar surface area (TPSA) is 37.3 Å². The minimum absolute atomic E-state index is 0.130. The number of hydrogen-bond donors (Lipinski definition) is 1. The minimum Gasteiger partial charge on any atom is -0.478 e. The number of hydrogen-bond acceptors (Lipinski definition) is 1. The molecule has 0 aliphatic heterocycles. The van der Waals surface area contributed by atoms with Crippen LogP contribution >= 0.6 is 15.9 Å². The van der Waals surface area contributed by atoms with Crippen molar-refractivity contribution < 1.29 is 9.90 Å². The maximum Gasteiger partial charge on any atom is 0.335 e. The molecule has 0 radical (unpaired) electrons. The number of halogens is 1. The Hall–Kier alpha value is -1.61. The predicted octanol–water partition coefficient (Wildman–Crippen LogP) is 5.47. The molecule has 1 N–H and O–H groups in total. The Bertz CT molecular complexity index is 605. The summed E-state index contributed by atoms with van der Waals surface area (Å²) in [6.07, 6.45) is 3.14. The van der Waals surface area contributed by atoms with Crippen LogP contribution in [-0.4, -0.2) is 11.1 Å². The maximum absolute atomic E-state index is 11.5. The second-order valence-corrected chi connectivity index (χ2v) is 6.05. The van der Waals surface area contributed by atoms with E-state index in [-0.39, 0.29) is 5.92 Å². The van der Waals surface area contributed by atoms with Crippen LogP contribution in [-0.2, 0) is 0 Å². The molecule has 0 saturated carbocycles. The number of rotatable bonds is 6. The number of aromatic carboxylic acids is 1. The fourth-order valence-electron chi connectivity index (χ4n) is 2.60. The minimum atomic E-state index is -0.857. The van der Waals surface area contributed by atoms with Crippen LogP contribution in [0, 0.1) is 0 Å². The fourth-order valence-corrected chi connectivity index (χ4v) is 2.87. The summed E-state index contributed by atoms with van der Waals surface area (Å²) >= 11 is 3.45. The van der Waals surface area contributed by atoms with Crippen LogP contribution in [0.2, 0.25) is 0 Å². The third-order valence-electron chi connectivity index (χ3n) is 3.69. The van der Waals surface area contributed by atoms with Crippen molar-refractivity contribution in [1.29, 1.82) is 0 Å². The van der Waals surface area contributed by atoms with Gasteiger partial charge in [-0.25, -0.2) is 4.79 Å². The Balaban J connectivity index is 2.45. The SMILES string of the molecule is CCCCC(c1ccc(Br)cc1)c1ccccc1C(=O)O. The van der Waals surface area contributed by atoms with E-state index in [1.807, 2.05) is 24.3 Å². The van der Waals surface area contributed by atoms with Crippen molar-refractivity contribution in [3.8, 4) is 0 Å². The molecule has 0 bridgehead atoms. The quantitative estimate of drug-likeness (QED) is 0.752. The molecule has 3 heteroatoms. The van der Waals surface area contributed by atoms with Gasteiger partial charge in [-0.1, -0.05) is 66.0 Å². The van der Waals surface area contributed by atoms with E-state index in [1.165, 1.54) is 5.56 Å². The average molecular weight is 347 g/mol. The van der Waals surface area contributed by atoms with E-state index in [0.717, 1.165) is 29.3 Å². The summed E-state index contributed by atoms with van der Waals surface area (Å²) in [4.78, 5) is 11.5. The van der Waals surface area contributed by atoms with Gasteiger partial charge in [0.15, 0.2) is 0 Å². The first-order chi connectivity index (χ1) is 10.1.